The smallest absolute Gasteiger partial charge is 0.404 e. The van der Waals surface area contributed by atoms with Gasteiger partial charge in [-0.1, -0.05) is 0 Å². The zero-order valence-electron chi connectivity index (χ0n) is 9.90. The van der Waals surface area contributed by atoms with Crippen LogP contribution in [0.1, 0.15) is 32.6 Å². The van der Waals surface area contributed by atoms with Gasteiger partial charge in [-0.3, -0.25) is 4.79 Å². The molecule has 0 aromatic rings. The fraction of sp³-hybridized carbons (Fsp3) is 0.818. The van der Waals surface area contributed by atoms with E-state index >= 15 is 0 Å². The van der Waals surface area contributed by atoms with Gasteiger partial charge in [-0.05, 0) is 32.6 Å². The molecule has 0 aromatic heterocycles. The number of carbonyl (C=O) groups is 2. The number of rotatable bonds is 3. The summed E-state index contributed by atoms with van der Waals surface area (Å²) in [6.45, 7) is 2.68. The first-order chi connectivity index (χ1) is 7.54. The molecule has 0 saturated heterocycles. The third-order valence-corrected chi connectivity index (χ3v) is 3.25. The molecule has 0 heterocycles. The molecular formula is C11H20N2O3. The molecular weight excluding hydrogens is 208 g/mol. The standard InChI is InChI=1S/C11H20N2O3/c1-3-13(2)10(14)8-4-6-9(7-5-8)12-11(15)16/h8-9,12H,3-7H2,1-2H3,(H,15,16). The van der Waals surface area contributed by atoms with Crippen LogP contribution in [-0.4, -0.2) is 41.6 Å². The van der Waals surface area contributed by atoms with Crippen LogP contribution in [0, 0.1) is 5.92 Å². The highest BCUT2D eigenvalue weighted by Gasteiger charge is 2.28. The van der Waals surface area contributed by atoms with Gasteiger partial charge >= 0.3 is 6.09 Å². The summed E-state index contributed by atoms with van der Waals surface area (Å²) < 4.78 is 0. The number of amides is 2. The minimum Gasteiger partial charge on any atom is -0.465 e. The van der Waals surface area contributed by atoms with Crippen LogP contribution >= 0.6 is 0 Å². The van der Waals surface area contributed by atoms with Crippen LogP contribution in [0.25, 0.3) is 0 Å². The lowest BCUT2D eigenvalue weighted by molar-refractivity contribution is -0.135. The Morgan fingerprint density at radius 2 is 1.88 bits per heavy atom. The van der Waals surface area contributed by atoms with E-state index in [1.807, 2.05) is 14.0 Å². The van der Waals surface area contributed by atoms with Gasteiger partial charge in [-0.2, -0.15) is 0 Å². The highest BCUT2D eigenvalue weighted by molar-refractivity contribution is 5.78. The zero-order valence-corrected chi connectivity index (χ0v) is 9.90. The Hall–Kier alpha value is -1.26. The van der Waals surface area contributed by atoms with E-state index in [0.717, 1.165) is 32.2 Å². The molecule has 0 unspecified atom stereocenters. The largest absolute Gasteiger partial charge is 0.465 e. The normalized spacial score (nSPS) is 24.9. The Kier molecular flexibility index (Phi) is 4.58. The van der Waals surface area contributed by atoms with Gasteiger partial charge in [0.05, 0.1) is 0 Å². The van der Waals surface area contributed by atoms with Gasteiger partial charge in [0.15, 0.2) is 0 Å². The number of carbonyl (C=O) groups excluding carboxylic acids is 1. The second-order valence-electron chi connectivity index (χ2n) is 4.35. The molecule has 2 N–H and O–H groups in total. The van der Waals surface area contributed by atoms with Crippen molar-refractivity contribution >= 4 is 12.0 Å². The Labute approximate surface area is 95.8 Å². The van der Waals surface area contributed by atoms with E-state index in [2.05, 4.69) is 5.32 Å². The first kappa shape index (κ1) is 12.8. The van der Waals surface area contributed by atoms with E-state index in [4.69, 9.17) is 5.11 Å². The fourth-order valence-electron chi connectivity index (χ4n) is 2.13. The summed E-state index contributed by atoms with van der Waals surface area (Å²) in [6.07, 6.45) is 2.13. The summed E-state index contributed by atoms with van der Waals surface area (Å²) in [6, 6.07) is 0.0217. The Morgan fingerprint density at radius 1 is 1.31 bits per heavy atom. The molecule has 1 fully saturated rings. The number of hydrogen-bond acceptors (Lipinski definition) is 2. The van der Waals surface area contributed by atoms with Gasteiger partial charge in [0.2, 0.25) is 5.91 Å². The third kappa shape index (κ3) is 3.40. The van der Waals surface area contributed by atoms with Crippen molar-refractivity contribution in [3.8, 4) is 0 Å². The third-order valence-electron chi connectivity index (χ3n) is 3.25. The molecule has 5 nitrogen and oxygen atoms in total. The molecule has 0 radical (unpaired) electrons. The van der Waals surface area contributed by atoms with Crippen molar-refractivity contribution < 1.29 is 14.7 Å². The van der Waals surface area contributed by atoms with Gasteiger partial charge in [-0.15, -0.1) is 0 Å². The van der Waals surface area contributed by atoms with Gasteiger partial charge in [0, 0.05) is 25.6 Å². The van der Waals surface area contributed by atoms with E-state index in [-0.39, 0.29) is 17.9 Å². The van der Waals surface area contributed by atoms with Crippen LogP contribution in [0.2, 0.25) is 0 Å². The summed E-state index contributed by atoms with van der Waals surface area (Å²) in [5, 5.41) is 11.1. The van der Waals surface area contributed by atoms with Crippen molar-refractivity contribution in [3.63, 3.8) is 0 Å². The SMILES string of the molecule is CCN(C)C(=O)C1CCC(NC(=O)O)CC1. The highest BCUT2D eigenvalue weighted by atomic mass is 16.4. The Bertz CT molecular complexity index is 260. The molecule has 0 aliphatic heterocycles. The molecule has 1 aliphatic rings. The quantitative estimate of drug-likeness (QED) is 0.764. The zero-order chi connectivity index (χ0) is 12.1. The molecule has 5 heteroatoms. The average molecular weight is 228 g/mol. The maximum absolute atomic E-state index is 11.8. The minimum absolute atomic E-state index is 0.0217. The number of hydrogen-bond donors (Lipinski definition) is 2. The van der Waals surface area contributed by atoms with Crippen LogP contribution in [0.3, 0.4) is 0 Å². The Balaban J connectivity index is 2.37. The van der Waals surface area contributed by atoms with Crippen molar-refractivity contribution in [1.29, 1.82) is 0 Å². The van der Waals surface area contributed by atoms with Crippen molar-refractivity contribution in [1.82, 2.24) is 10.2 Å². The molecule has 0 bridgehead atoms. The lowest BCUT2D eigenvalue weighted by Gasteiger charge is -2.30. The second kappa shape index (κ2) is 5.72. The summed E-state index contributed by atoms with van der Waals surface area (Å²) in [7, 11) is 1.81. The summed E-state index contributed by atoms with van der Waals surface area (Å²) in [4.78, 5) is 24.0. The minimum atomic E-state index is -0.972. The molecule has 1 aliphatic carbocycles. The van der Waals surface area contributed by atoms with Gasteiger partial charge in [0.25, 0.3) is 0 Å². The van der Waals surface area contributed by atoms with Gasteiger partial charge < -0.3 is 15.3 Å². The molecule has 1 rings (SSSR count). The van der Waals surface area contributed by atoms with Crippen LogP contribution < -0.4 is 5.32 Å². The molecule has 0 atom stereocenters. The number of nitrogens with one attached hydrogen (secondary N) is 1. The van der Waals surface area contributed by atoms with Gasteiger partial charge in [0.1, 0.15) is 0 Å². The van der Waals surface area contributed by atoms with E-state index < -0.39 is 6.09 Å². The predicted molar refractivity (Wildman–Crippen MR) is 60.2 cm³/mol. The van der Waals surface area contributed by atoms with Crippen molar-refractivity contribution in [2.24, 2.45) is 5.92 Å². The van der Waals surface area contributed by atoms with E-state index in [0.29, 0.717) is 0 Å². The Morgan fingerprint density at radius 3 is 2.31 bits per heavy atom. The maximum atomic E-state index is 11.8. The van der Waals surface area contributed by atoms with Crippen LogP contribution in [0.15, 0.2) is 0 Å². The van der Waals surface area contributed by atoms with Crippen LogP contribution in [0.4, 0.5) is 4.79 Å². The van der Waals surface area contributed by atoms with Crippen LogP contribution in [-0.2, 0) is 4.79 Å². The molecule has 92 valence electrons. The van der Waals surface area contributed by atoms with E-state index in [1.54, 1.807) is 4.90 Å². The molecule has 2 amide bonds. The predicted octanol–water partition coefficient (Wildman–Crippen LogP) is 1.29. The molecule has 0 spiro atoms. The number of nitrogens with zero attached hydrogens (tertiary/aromatic N) is 1. The maximum Gasteiger partial charge on any atom is 0.404 e. The lowest BCUT2D eigenvalue weighted by Crippen LogP contribution is -2.40. The van der Waals surface area contributed by atoms with Crippen molar-refractivity contribution in [2.45, 2.75) is 38.6 Å². The summed E-state index contributed by atoms with van der Waals surface area (Å²) >= 11 is 0. The molecule has 1 saturated carbocycles. The highest BCUT2D eigenvalue weighted by Crippen LogP contribution is 2.25. The number of carboxylic acid groups (broad SMARTS) is 1. The fourth-order valence-corrected chi connectivity index (χ4v) is 2.13. The van der Waals surface area contributed by atoms with Crippen molar-refractivity contribution in [3.05, 3.63) is 0 Å². The van der Waals surface area contributed by atoms with E-state index in [1.165, 1.54) is 0 Å². The molecule has 16 heavy (non-hydrogen) atoms. The van der Waals surface area contributed by atoms with Gasteiger partial charge in [-0.25, -0.2) is 4.79 Å². The molecule has 0 aromatic carbocycles. The first-order valence-electron chi connectivity index (χ1n) is 5.79. The lowest BCUT2D eigenvalue weighted by atomic mass is 9.85. The van der Waals surface area contributed by atoms with Crippen LogP contribution in [0.5, 0.6) is 0 Å². The average Bonchev–Trinajstić information content (AvgIpc) is 2.27. The first-order valence-corrected chi connectivity index (χ1v) is 5.79. The topological polar surface area (TPSA) is 69.6 Å². The van der Waals surface area contributed by atoms with Crippen molar-refractivity contribution in [2.75, 3.05) is 13.6 Å². The van der Waals surface area contributed by atoms with E-state index in [9.17, 15) is 9.59 Å². The monoisotopic (exact) mass is 228 g/mol. The summed E-state index contributed by atoms with van der Waals surface area (Å²) in [5.74, 6) is 0.271. The second-order valence-corrected chi connectivity index (χ2v) is 4.35. The summed E-state index contributed by atoms with van der Waals surface area (Å²) in [5.41, 5.74) is 0.